The molecule has 1 heterocycles. The molecule has 0 spiro atoms. The summed E-state index contributed by atoms with van der Waals surface area (Å²) in [6.45, 7) is 4.58. The highest BCUT2D eigenvalue weighted by molar-refractivity contribution is 5.40. The third kappa shape index (κ3) is 3.95. The van der Waals surface area contributed by atoms with Crippen LogP contribution in [0.2, 0.25) is 0 Å². The van der Waals surface area contributed by atoms with E-state index in [0.717, 1.165) is 24.5 Å². The molecule has 0 N–H and O–H groups in total. The second-order valence-electron chi connectivity index (χ2n) is 7.01. The summed E-state index contributed by atoms with van der Waals surface area (Å²) in [5.74, 6) is 2.40. The molecule has 1 saturated heterocycles. The largest absolute Gasteiger partial charge is 0.487 e. The lowest BCUT2D eigenvalue weighted by atomic mass is 10.0. The summed E-state index contributed by atoms with van der Waals surface area (Å²) in [6, 6.07) is 8.21. The Bertz CT molecular complexity index is 470. The number of rotatable bonds is 4. The Morgan fingerprint density at radius 1 is 0.955 bits per heavy atom. The van der Waals surface area contributed by atoms with E-state index in [-0.39, 0.29) is 0 Å². The van der Waals surface area contributed by atoms with Gasteiger partial charge in [0.25, 0.3) is 0 Å². The molecule has 2 aliphatic rings. The molecule has 1 aromatic rings. The fourth-order valence-corrected chi connectivity index (χ4v) is 3.72. The van der Waals surface area contributed by atoms with E-state index in [2.05, 4.69) is 31.0 Å². The quantitative estimate of drug-likeness (QED) is 0.835. The smallest absolute Gasteiger partial charge is 0.161 e. The van der Waals surface area contributed by atoms with Crippen LogP contribution in [0.4, 0.5) is 0 Å². The van der Waals surface area contributed by atoms with E-state index in [0.29, 0.717) is 18.1 Å². The topological polar surface area (TPSA) is 21.7 Å². The first-order chi connectivity index (χ1) is 10.7. The minimum absolute atomic E-state index is 0.290. The van der Waals surface area contributed by atoms with Crippen molar-refractivity contribution in [2.24, 2.45) is 5.92 Å². The fraction of sp³-hybridized carbons (Fsp3) is 0.684. The molecule has 0 bridgehead atoms. The first-order valence-electron chi connectivity index (χ1n) is 8.83. The summed E-state index contributed by atoms with van der Waals surface area (Å²) < 4.78 is 12.6. The predicted molar refractivity (Wildman–Crippen MR) is 89.6 cm³/mol. The minimum atomic E-state index is 0.290. The molecule has 3 nitrogen and oxygen atoms in total. The van der Waals surface area contributed by atoms with Crippen molar-refractivity contribution in [1.82, 2.24) is 4.90 Å². The Balaban J connectivity index is 1.68. The maximum absolute atomic E-state index is 6.39. The van der Waals surface area contributed by atoms with Gasteiger partial charge in [-0.15, -0.1) is 0 Å². The number of nitrogens with zero attached hydrogens (tertiary/aromatic N) is 1. The van der Waals surface area contributed by atoms with Crippen LogP contribution in [0, 0.1) is 5.92 Å². The highest BCUT2D eigenvalue weighted by Crippen LogP contribution is 2.33. The molecule has 122 valence electrons. The minimum Gasteiger partial charge on any atom is -0.487 e. The number of hydrogen-bond donors (Lipinski definition) is 0. The molecule has 0 aromatic heterocycles. The van der Waals surface area contributed by atoms with E-state index < -0.39 is 0 Å². The van der Waals surface area contributed by atoms with E-state index in [1.807, 2.05) is 12.1 Å². The van der Waals surface area contributed by atoms with E-state index in [9.17, 15) is 0 Å². The second-order valence-corrected chi connectivity index (χ2v) is 7.01. The van der Waals surface area contributed by atoms with Gasteiger partial charge in [-0.25, -0.2) is 0 Å². The summed E-state index contributed by atoms with van der Waals surface area (Å²) >= 11 is 0. The summed E-state index contributed by atoms with van der Waals surface area (Å²) in [6.07, 6.45) is 7.94. The van der Waals surface area contributed by atoms with Crippen LogP contribution in [0.5, 0.6) is 11.5 Å². The second kappa shape index (κ2) is 7.36. The number of ether oxygens (including phenoxy) is 2. The Labute approximate surface area is 134 Å². The standard InChI is InChI=1S/C19H29NO2/c1-15-14-20(2)13-7-12-17(15)22-19-11-6-5-10-18(19)21-16-8-3-4-9-16/h5-6,10-11,15-17H,3-4,7-9,12-14H2,1-2H3. The number of hydrogen-bond acceptors (Lipinski definition) is 3. The van der Waals surface area contributed by atoms with Crippen molar-refractivity contribution in [3.05, 3.63) is 24.3 Å². The molecular weight excluding hydrogens is 274 g/mol. The maximum atomic E-state index is 6.39. The fourth-order valence-electron chi connectivity index (χ4n) is 3.72. The van der Waals surface area contributed by atoms with Crippen molar-refractivity contribution >= 4 is 0 Å². The van der Waals surface area contributed by atoms with Gasteiger partial charge in [0.1, 0.15) is 6.10 Å². The highest BCUT2D eigenvalue weighted by atomic mass is 16.5. The lowest BCUT2D eigenvalue weighted by Crippen LogP contribution is -2.30. The summed E-state index contributed by atoms with van der Waals surface area (Å²) in [7, 11) is 2.20. The molecule has 3 heteroatoms. The molecule has 1 aromatic carbocycles. The summed E-state index contributed by atoms with van der Waals surface area (Å²) in [5, 5.41) is 0. The van der Waals surface area contributed by atoms with Crippen molar-refractivity contribution in [2.45, 2.75) is 57.7 Å². The van der Waals surface area contributed by atoms with Gasteiger partial charge in [0, 0.05) is 12.5 Å². The first kappa shape index (κ1) is 15.7. The van der Waals surface area contributed by atoms with Crippen molar-refractivity contribution in [1.29, 1.82) is 0 Å². The molecule has 1 aliphatic heterocycles. The zero-order chi connectivity index (χ0) is 15.4. The molecule has 22 heavy (non-hydrogen) atoms. The number of likely N-dealkylation sites (tertiary alicyclic amines) is 1. The number of para-hydroxylation sites is 2. The Morgan fingerprint density at radius 3 is 2.36 bits per heavy atom. The first-order valence-corrected chi connectivity index (χ1v) is 8.83. The summed E-state index contributed by atoms with van der Waals surface area (Å²) in [5.41, 5.74) is 0. The Morgan fingerprint density at radius 2 is 1.64 bits per heavy atom. The van der Waals surface area contributed by atoms with Gasteiger partial charge in [-0.05, 0) is 64.3 Å². The van der Waals surface area contributed by atoms with Crippen LogP contribution in [0.1, 0.15) is 45.4 Å². The third-order valence-electron chi connectivity index (χ3n) is 4.99. The zero-order valence-corrected chi connectivity index (χ0v) is 14.0. The molecule has 2 fully saturated rings. The monoisotopic (exact) mass is 303 g/mol. The van der Waals surface area contributed by atoms with Gasteiger partial charge in [-0.3, -0.25) is 0 Å². The number of benzene rings is 1. The molecular formula is C19H29NO2. The predicted octanol–water partition coefficient (Wildman–Crippen LogP) is 4.12. The molecule has 1 aliphatic carbocycles. The van der Waals surface area contributed by atoms with Gasteiger partial charge >= 0.3 is 0 Å². The zero-order valence-electron chi connectivity index (χ0n) is 14.0. The average Bonchev–Trinajstić information content (AvgIpc) is 2.95. The van der Waals surface area contributed by atoms with Crippen LogP contribution in [0.15, 0.2) is 24.3 Å². The van der Waals surface area contributed by atoms with Crippen molar-refractivity contribution < 1.29 is 9.47 Å². The van der Waals surface area contributed by atoms with Crippen LogP contribution in [-0.2, 0) is 0 Å². The Hall–Kier alpha value is -1.22. The SMILES string of the molecule is CC1CN(C)CCCC1Oc1ccccc1OC1CCCC1. The molecule has 1 saturated carbocycles. The normalized spacial score (nSPS) is 27.5. The van der Waals surface area contributed by atoms with E-state index in [1.54, 1.807) is 0 Å². The maximum Gasteiger partial charge on any atom is 0.161 e. The van der Waals surface area contributed by atoms with Crippen LogP contribution in [-0.4, -0.2) is 37.2 Å². The molecule has 2 atom stereocenters. The van der Waals surface area contributed by atoms with Crippen LogP contribution < -0.4 is 9.47 Å². The van der Waals surface area contributed by atoms with Gasteiger partial charge in [0.15, 0.2) is 11.5 Å². The van der Waals surface area contributed by atoms with Crippen molar-refractivity contribution in [3.8, 4) is 11.5 Å². The average molecular weight is 303 g/mol. The molecule has 0 radical (unpaired) electrons. The molecule has 3 rings (SSSR count). The van der Waals surface area contributed by atoms with Crippen LogP contribution >= 0.6 is 0 Å². The van der Waals surface area contributed by atoms with Gasteiger partial charge in [0.2, 0.25) is 0 Å². The van der Waals surface area contributed by atoms with Gasteiger partial charge in [-0.2, -0.15) is 0 Å². The highest BCUT2D eigenvalue weighted by Gasteiger charge is 2.25. The van der Waals surface area contributed by atoms with Gasteiger partial charge in [-0.1, -0.05) is 19.1 Å². The van der Waals surface area contributed by atoms with Gasteiger partial charge < -0.3 is 14.4 Å². The molecule has 0 amide bonds. The molecule has 2 unspecified atom stereocenters. The summed E-state index contributed by atoms with van der Waals surface area (Å²) in [4.78, 5) is 2.41. The van der Waals surface area contributed by atoms with Crippen molar-refractivity contribution in [3.63, 3.8) is 0 Å². The Kier molecular flexibility index (Phi) is 5.24. The lowest BCUT2D eigenvalue weighted by Gasteiger charge is -2.26. The van der Waals surface area contributed by atoms with Crippen LogP contribution in [0.25, 0.3) is 0 Å². The lowest BCUT2D eigenvalue weighted by molar-refractivity contribution is 0.119. The van der Waals surface area contributed by atoms with Gasteiger partial charge in [0.05, 0.1) is 6.10 Å². The van der Waals surface area contributed by atoms with Crippen LogP contribution in [0.3, 0.4) is 0 Å². The third-order valence-corrected chi connectivity index (χ3v) is 4.99. The van der Waals surface area contributed by atoms with Crippen molar-refractivity contribution in [2.75, 3.05) is 20.1 Å². The van der Waals surface area contributed by atoms with E-state index >= 15 is 0 Å². The van der Waals surface area contributed by atoms with E-state index in [1.165, 1.54) is 38.6 Å². The van der Waals surface area contributed by atoms with E-state index in [4.69, 9.17) is 9.47 Å².